The van der Waals surface area contributed by atoms with Gasteiger partial charge in [0.05, 0.1) is 0 Å². The summed E-state index contributed by atoms with van der Waals surface area (Å²) >= 11 is 1.63. The van der Waals surface area contributed by atoms with Crippen molar-refractivity contribution in [1.82, 2.24) is 0 Å². The molecule has 1 aliphatic rings. The van der Waals surface area contributed by atoms with Gasteiger partial charge in [0.15, 0.2) is 6.20 Å². The van der Waals surface area contributed by atoms with Gasteiger partial charge in [-0.3, -0.25) is 0 Å². The number of rotatable bonds is 5. The monoisotopic (exact) mass is 305 g/mol. The highest BCUT2D eigenvalue weighted by molar-refractivity contribution is 7.99. The van der Waals surface area contributed by atoms with Crippen molar-refractivity contribution in [2.24, 2.45) is 0 Å². The summed E-state index contributed by atoms with van der Waals surface area (Å²) in [6, 6.07) is 5.86. The summed E-state index contributed by atoms with van der Waals surface area (Å²) < 4.78 is 13.0. The Kier molecular flexibility index (Phi) is 6.08. The zero-order valence-electron chi connectivity index (χ0n) is 11.4. The maximum absolute atomic E-state index is 11.0. The number of hydrogen-bond donors (Lipinski definition) is 1. The van der Waals surface area contributed by atoms with E-state index in [2.05, 4.69) is 0 Å². The molecular formula is C13H20ClNO3S. The fourth-order valence-corrected chi connectivity index (χ4v) is 3.42. The quantitative estimate of drug-likeness (QED) is 0.532. The molecule has 0 fully saturated rings. The third-order valence-corrected chi connectivity index (χ3v) is 4.36. The van der Waals surface area contributed by atoms with Crippen LogP contribution in [0, 0.1) is 0 Å². The largest absolute Gasteiger partial charge is 1.00 e. The average Bonchev–Trinajstić information content (AvgIpc) is 2.63. The summed E-state index contributed by atoms with van der Waals surface area (Å²) in [5, 5.41) is 12.0. The molecule has 0 saturated carbocycles. The topological polar surface area (TPSA) is 42.6 Å². The minimum Gasteiger partial charge on any atom is -1.00 e. The summed E-state index contributed by atoms with van der Waals surface area (Å²) in [5.74, 6) is 0. The Hall–Kier alpha value is -0.330. The molecule has 2 atom stereocenters. The molecule has 2 unspecified atom stereocenters. The second kappa shape index (κ2) is 6.90. The molecule has 2 rings (SSSR count). The number of pyridine rings is 1. The minimum absolute atomic E-state index is 0. The van der Waals surface area contributed by atoms with Gasteiger partial charge >= 0.3 is 5.72 Å². The highest BCUT2D eigenvalue weighted by Gasteiger charge is 2.59. The van der Waals surface area contributed by atoms with Gasteiger partial charge in [-0.1, -0.05) is 0 Å². The molecule has 19 heavy (non-hydrogen) atoms. The van der Waals surface area contributed by atoms with Gasteiger partial charge in [-0.15, -0.1) is 0 Å². The molecule has 0 amide bonds. The summed E-state index contributed by atoms with van der Waals surface area (Å²) in [6.45, 7) is 6.81. The zero-order chi connectivity index (χ0) is 13.2. The van der Waals surface area contributed by atoms with Crippen LogP contribution in [-0.4, -0.2) is 29.9 Å². The van der Waals surface area contributed by atoms with Crippen LogP contribution in [-0.2, 0) is 15.2 Å². The Balaban J connectivity index is 0.00000180. The summed E-state index contributed by atoms with van der Waals surface area (Å²) in [7, 11) is 0. The number of ether oxygens (including phenoxy) is 2. The lowest BCUT2D eigenvalue weighted by molar-refractivity contribution is -0.844. The Labute approximate surface area is 124 Å². The number of halogens is 1. The lowest BCUT2D eigenvalue weighted by atomic mass is 10.1. The highest BCUT2D eigenvalue weighted by Crippen LogP contribution is 2.39. The third-order valence-electron chi connectivity index (χ3n) is 3.09. The number of aromatic nitrogens is 1. The first-order valence-electron chi connectivity index (χ1n) is 6.28. The molecular weight excluding hydrogens is 286 g/mol. The van der Waals surface area contributed by atoms with Crippen molar-refractivity contribution in [3.8, 4) is 0 Å². The van der Waals surface area contributed by atoms with Crippen molar-refractivity contribution in [2.45, 2.75) is 43.1 Å². The summed E-state index contributed by atoms with van der Waals surface area (Å²) in [6.07, 6.45) is 1.22. The Morgan fingerprint density at radius 2 is 2.00 bits per heavy atom. The minimum atomic E-state index is -1.16. The Morgan fingerprint density at radius 3 is 2.58 bits per heavy atom. The van der Waals surface area contributed by atoms with Crippen molar-refractivity contribution >= 4 is 11.8 Å². The van der Waals surface area contributed by atoms with Crippen LogP contribution in [0.1, 0.15) is 20.8 Å². The SMILES string of the molecule is CCOC(OCC)C1(O)C(C)Sc2cccc[n+]21.[Cl-]. The van der Waals surface area contributed by atoms with Gasteiger partial charge < -0.3 is 27.0 Å². The first-order chi connectivity index (χ1) is 8.64. The molecule has 2 heterocycles. The second-order valence-electron chi connectivity index (χ2n) is 4.19. The van der Waals surface area contributed by atoms with Gasteiger partial charge in [0.1, 0.15) is 5.25 Å². The van der Waals surface area contributed by atoms with Crippen molar-refractivity contribution in [3.63, 3.8) is 0 Å². The van der Waals surface area contributed by atoms with Crippen molar-refractivity contribution < 1.29 is 31.6 Å². The molecule has 4 nitrogen and oxygen atoms in total. The highest BCUT2D eigenvalue weighted by atomic mass is 35.5. The van der Waals surface area contributed by atoms with Crippen molar-refractivity contribution in [1.29, 1.82) is 0 Å². The van der Waals surface area contributed by atoms with Gasteiger partial charge in [-0.25, -0.2) is 0 Å². The number of aliphatic hydroxyl groups is 1. The molecule has 1 aromatic heterocycles. The van der Waals surface area contributed by atoms with Crippen LogP contribution in [0.5, 0.6) is 0 Å². The Bertz CT molecular complexity index is 415. The van der Waals surface area contributed by atoms with E-state index in [9.17, 15) is 5.11 Å². The molecule has 0 radical (unpaired) electrons. The first kappa shape index (κ1) is 16.7. The molecule has 0 aromatic carbocycles. The molecule has 0 aliphatic carbocycles. The van der Waals surface area contributed by atoms with E-state index in [1.165, 1.54) is 0 Å². The van der Waals surface area contributed by atoms with Crippen molar-refractivity contribution in [3.05, 3.63) is 24.4 Å². The van der Waals surface area contributed by atoms with Crippen LogP contribution in [0.15, 0.2) is 29.4 Å². The van der Waals surface area contributed by atoms with Crippen LogP contribution in [0.2, 0.25) is 0 Å². The fraction of sp³-hybridized carbons (Fsp3) is 0.615. The molecule has 108 valence electrons. The van der Waals surface area contributed by atoms with Crippen molar-refractivity contribution in [2.75, 3.05) is 13.2 Å². The van der Waals surface area contributed by atoms with Gasteiger partial charge in [-0.05, 0) is 38.6 Å². The lowest BCUT2D eigenvalue weighted by Crippen LogP contribution is -3.00. The molecule has 1 N–H and O–H groups in total. The van der Waals surface area contributed by atoms with Gasteiger partial charge in [0, 0.05) is 25.3 Å². The normalized spacial score (nSPS) is 25.2. The number of thioether (sulfide) groups is 1. The summed E-state index contributed by atoms with van der Waals surface area (Å²) in [5.41, 5.74) is -1.16. The van der Waals surface area contributed by atoms with Crippen LogP contribution < -0.4 is 17.0 Å². The van der Waals surface area contributed by atoms with Gasteiger partial charge in [0.2, 0.25) is 5.03 Å². The van der Waals surface area contributed by atoms with E-state index in [0.29, 0.717) is 13.2 Å². The summed E-state index contributed by atoms with van der Waals surface area (Å²) in [4.78, 5) is 0. The molecule has 6 heteroatoms. The van der Waals surface area contributed by atoms with Crippen LogP contribution in [0.25, 0.3) is 0 Å². The maximum Gasteiger partial charge on any atom is 0.335 e. The average molecular weight is 306 g/mol. The smallest absolute Gasteiger partial charge is 0.335 e. The molecule has 0 bridgehead atoms. The maximum atomic E-state index is 11.0. The standard InChI is InChI=1S/C13H20NO3S.ClH/c1-4-16-12(17-5-2)13(15)10(3)18-11-8-6-7-9-14(11)13;/h6-10,12,15H,4-5H2,1-3H3;1H/q+1;/p-1. The fourth-order valence-electron chi connectivity index (χ4n) is 2.18. The van der Waals surface area contributed by atoms with E-state index in [4.69, 9.17) is 9.47 Å². The van der Waals surface area contributed by atoms with Crippen LogP contribution in [0.4, 0.5) is 0 Å². The predicted octanol–water partition coefficient (Wildman–Crippen LogP) is -1.48. The first-order valence-corrected chi connectivity index (χ1v) is 7.15. The van der Waals surface area contributed by atoms with E-state index in [0.717, 1.165) is 5.03 Å². The predicted molar refractivity (Wildman–Crippen MR) is 69.2 cm³/mol. The lowest BCUT2D eigenvalue weighted by Gasteiger charge is -2.29. The zero-order valence-corrected chi connectivity index (χ0v) is 12.9. The second-order valence-corrected chi connectivity index (χ2v) is 5.56. The number of hydrogen-bond acceptors (Lipinski definition) is 4. The van der Waals surface area contributed by atoms with E-state index in [1.54, 1.807) is 11.8 Å². The third kappa shape index (κ3) is 2.90. The van der Waals surface area contributed by atoms with Crippen LogP contribution >= 0.6 is 11.8 Å². The molecule has 0 spiro atoms. The molecule has 1 aliphatic heterocycles. The Morgan fingerprint density at radius 1 is 1.37 bits per heavy atom. The van der Waals surface area contributed by atoms with E-state index >= 15 is 0 Å². The van der Waals surface area contributed by atoms with E-state index < -0.39 is 12.0 Å². The van der Waals surface area contributed by atoms with E-state index in [1.807, 2.05) is 49.7 Å². The van der Waals surface area contributed by atoms with Gasteiger partial charge in [0.25, 0.3) is 6.29 Å². The number of fused-ring (bicyclic) bond motifs is 1. The van der Waals surface area contributed by atoms with Crippen LogP contribution in [0.3, 0.4) is 0 Å². The van der Waals surface area contributed by atoms with E-state index in [-0.39, 0.29) is 17.7 Å². The van der Waals surface area contributed by atoms with Gasteiger partial charge in [-0.2, -0.15) is 4.57 Å². The molecule has 0 saturated heterocycles. The number of nitrogens with zero attached hydrogens (tertiary/aromatic N) is 1. The molecule has 1 aromatic rings.